The Kier molecular flexibility index (Phi) is 5.47. The lowest BCUT2D eigenvalue weighted by Gasteiger charge is -2.23. The molecule has 21 heavy (non-hydrogen) atoms. The number of hydrogen-bond donors (Lipinski definition) is 1. The fourth-order valence-electron chi connectivity index (χ4n) is 1.99. The van der Waals surface area contributed by atoms with E-state index in [1.165, 1.54) is 12.4 Å². The molecule has 1 aliphatic rings. The fourth-order valence-corrected chi connectivity index (χ4v) is 3.34. The number of carbonyl (C=O) groups excluding carboxylic acids is 2. The molecule has 0 spiro atoms. The van der Waals surface area contributed by atoms with Crippen LogP contribution in [0.5, 0.6) is 0 Å². The summed E-state index contributed by atoms with van der Waals surface area (Å²) in [6, 6.07) is 1.14. The summed E-state index contributed by atoms with van der Waals surface area (Å²) in [5, 5.41) is 3.19. The Morgan fingerprint density at radius 1 is 1.57 bits per heavy atom. The van der Waals surface area contributed by atoms with Crippen LogP contribution < -0.4 is 5.32 Å². The molecule has 5 nitrogen and oxygen atoms in total. The molecule has 2 amide bonds. The van der Waals surface area contributed by atoms with Crippen molar-refractivity contribution in [1.29, 1.82) is 0 Å². The van der Waals surface area contributed by atoms with Gasteiger partial charge >= 0.3 is 0 Å². The van der Waals surface area contributed by atoms with Gasteiger partial charge in [0, 0.05) is 24.7 Å². The lowest BCUT2D eigenvalue weighted by molar-refractivity contribution is -0.124. The Bertz CT molecular complexity index is 539. The summed E-state index contributed by atoms with van der Waals surface area (Å²) in [6.45, 7) is 4.67. The number of halogens is 1. The zero-order valence-electron chi connectivity index (χ0n) is 12.0. The van der Waals surface area contributed by atoms with E-state index in [0.29, 0.717) is 34.7 Å². The van der Waals surface area contributed by atoms with E-state index in [9.17, 15) is 9.59 Å². The molecular weight excluding hydrogens is 310 g/mol. The maximum absolute atomic E-state index is 12.5. The van der Waals surface area contributed by atoms with Crippen LogP contribution in [0.3, 0.4) is 0 Å². The minimum atomic E-state index is -0.439. The van der Waals surface area contributed by atoms with Crippen molar-refractivity contribution in [3.05, 3.63) is 29.0 Å². The summed E-state index contributed by atoms with van der Waals surface area (Å²) >= 11 is 7.58. The predicted octanol–water partition coefficient (Wildman–Crippen LogP) is 2.02. The number of hydrogen-bond acceptors (Lipinski definition) is 4. The predicted molar refractivity (Wildman–Crippen MR) is 84.4 cm³/mol. The maximum Gasteiger partial charge on any atom is 0.256 e. The molecule has 1 fully saturated rings. The molecule has 0 aliphatic carbocycles. The number of carbonyl (C=O) groups is 2. The number of thioether (sulfide) groups is 1. The zero-order chi connectivity index (χ0) is 15.4. The molecule has 7 heteroatoms. The van der Waals surface area contributed by atoms with Gasteiger partial charge in [-0.05, 0) is 12.0 Å². The van der Waals surface area contributed by atoms with E-state index in [0.717, 1.165) is 0 Å². The minimum absolute atomic E-state index is 0.104. The minimum Gasteiger partial charge on any atom is -0.354 e. The molecular formula is C14H18ClN3O2S. The number of pyridine rings is 1. The van der Waals surface area contributed by atoms with Gasteiger partial charge in [-0.2, -0.15) is 0 Å². The number of nitrogens with one attached hydrogen (secondary N) is 1. The monoisotopic (exact) mass is 327 g/mol. The van der Waals surface area contributed by atoms with Crippen LogP contribution in [0.15, 0.2) is 18.5 Å². The average Bonchev–Trinajstić information content (AvgIpc) is 2.94. The van der Waals surface area contributed by atoms with Gasteiger partial charge in [-0.25, -0.2) is 0 Å². The molecule has 2 heterocycles. The molecule has 0 radical (unpaired) electrons. The van der Waals surface area contributed by atoms with Crippen molar-refractivity contribution in [3.8, 4) is 0 Å². The topological polar surface area (TPSA) is 62.3 Å². The summed E-state index contributed by atoms with van der Waals surface area (Å²) < 4.78 is 0. The summed E-state index contributed by atoms with van der Waals surface area (Å²) in [6.07, 6.45) is 2.96. The third kappa shape index (κ3) is 3.89. The van der Waals surface area contributed by atoms with Crippen molar-refractivity contribution >= 4 is 35.2 Å². The quantitative estimate of drug-likeness (QED) is 0.919. The SMILES string of the molecule is CC(C)CNC(=O)[C@H]1CSCN1C(=O)c1ccncc1Cl. The molecule has 2 rings (SSSR count). The first kappa shape index (κ1) is 16.1. The highest BCUT2D eigenvalue weighted by molar-refractivity contribution is 7.99. The third-order valence-electron chi connectivity index (χ3n) is 3.13. The van der Waals surface area contributed by atoms with Gasteiger partial charge in [-0.3, -0.25) is 14.6 Å². The molecule has 0 bridgehead atoms. The molecule has 1 aliphatic heterocycles. The highest BCUT2D eigenvalue weighted by Gasteiger charge is 2.35. The van der Waals surface area contributed by atoms with Crippen LogP contribution in [0.1, 0.15) is 24.2 Å². The van der Waals surface area contributed by atoms with Crippen molar-refractivity contribution in [2.24, 2.45) is 5.92 Å². The van der Waals surface area contributed by atoms with Crippen molar-refractivity contribution in [2.45, 2.75) is 19.9 Å². The molecule has 1 aromatic heterocycles. The van der Waals surface area contributed by atoms with E-state index in [1.54, 1.807) is 22.7 Å². The molecule has 1 atom stereocenters. The van der Waals surface area contributed by atoms with E-state index in [2.05, 4.69) is 10.3 Å². The van der Waals surface area contributed by atoms with E-state index in [4.69, 9.17) is 11.6 Å². The van der Waals surface area contributed by atoms with Gasteiger partial charge in [0.1, 0.15) is 6.04 Å². The van der Waals surface area contributed by atoms with Crippen LogP contribution in [0, 0.1) is 5.92 Å². The van der Waals surface area contributed by atoms with Crippen molar-refractivity contribution in [3.63, 3.8) is 0 Å². The Morgan fingerprint density at radius 3 is 3.00 bits per heavy atom. The van der Waals surface area contributed by atoms with Gasteiger partial charge in [-0.1, -0.05) is 25.4 Å². The summed E-state index contributed by atoms with van der Waals surface area (Å²) in [7, 11) is 0. The number of rotatable bonds is 4. The second-order valence-electron chi connectivity index (χ2n) is 5.29. The standard InChI is InChI=1S/C14H18ClN3O2S/c1-9(2)5-17-13(19)12-7-21-8-18(12)14(20)10-3-4-16-6-11(10)15/h3-4,6,9,12H,5,7-8H2,1-2H3,(H,17,19)/t12-/m1/s1. The second-order valence-corrected chi connectivity index (χ2v) is 6.69. The summed E-state index contributed by atoms with van der Waals surface area (Å²) in [5.74, 6) is 1.15. The van der Waals surface area contributed by atoms with Crippen LogP contribution in [0.2, 0.25) is 5.02 Å². The van der Waals surface area contributed by atoms with Gasteiger partial charge in [0.2, 0.25) is 5.91 Å². The van der Waals surface area contributed by atoms with E-state index in [1.807, 2.05) is 13.8 Å². The smallest absolute Gasteiger partial charge is 0.256 e. The highest BCUT2D eigenvalue weighted by Crippen LogP contribution is 2.25. The first-order chi connectivity index (χ1) is 10.0. The maximum atomic E-state index is 12.5. The Labute approximate surface area is 133 Å². The van der Waals surface area contributed by atoms with Crippen molar-refractivity contribution < 1.29 is 9.59 Å². The van der Waals surface area contributed by atoms with Crippen LogP contribution in [0.25, 0.3) is 0 Å². The van der Waals surface area contributed by atoms with Crippen LogP contribution in [-0.2, 0) is 4.79 Å². The molecule has 1 N–H and O–H groups in total. The average molecular weight is 328 g/mol. The Balaban J connectivity index is 2.10. The second kappa shape index (κ2) is 7.13. The van der Waals surface area contributed by atoms with E-state index in [-0.39, 0.29) is 11.8 Å². The van der Waals surface area contributed by atoms with Gasteiger partial charge < -0.3 is 10.2 Å². The van der Waals surface area contributed by atoms with Crippen LogP contribution in [-0.4, -0.2) is 45.9 Å². The van der Waals surface area contributed by atoms with Gasteiger partial charge in [0.05, 0.1) is 16.5 Å². The molecule has 0 aromatic carbocycles. The van der Waals surface area contributed by atoms with Crippen molar-refractivity contribution in [2.75, 3.05) is 18.2 Å². The van der Waals surface area contributed by atoms with E-state index >= 15 is 0 Å². The molecule has 114 valence electrons. The summed E-state index contributed by atoms with van der Waals surface area (Å²) in [5.41, 5.74) is 0.385. The normalized spacial score (nSPS) is 18.1. The van der Waals surface area contributed by atoms with Gasteiger partial charge in [0.15, 0.2) is 0 Å². The molecule has 1 aromatic rings. The number of aromatic nitrogens is 1. The number of amides is 2. The van der Waals surface area contributed by atoms with E-state index < -0.39 is 6.04 Å². The highest BCUT2D eigenvalue weighted by atomic mass is 35.5. The molecule has 0 saturated carbocycles. The lowest BCUT2D eigenvalue weighted by Crippen LogP contribution is -2.48. The van der Waals surface area contributed by atoms with Gasteiger partial charge in [-0.15, -0.1) is 11.8 Å². The fraction of sp³-hybridized carbons (Fsp3) is 0.500. The van der Waals surface area contributed by atoms with Gasteiger partial charge in [0.25, 0.3) is 5.91 Å². The summed E-state index contributed by atoms with van der Waals surface area (Å²) in [4.78, 5) is 30.2. The first-order valence-electron chi connectivity index (χ1n) is 6.76. The molecule has 1 saturated heterocycles. The Morgan fingerprint density at radius 2 is 2.33 bits per heavy atom. The van der Waals surface area contributed by atoms with Crippen LogP contribution in [0.4, 0.5) is 0 Å². The molecule has 0 unspecified atom stereocenters. The Hall–Kier alpha value is -1.27. The van der Waals surface area contributed by atoms with Crippen molar-refractivity contribution in [1.82, 2.24) is 15.2 Å². The number of nitrogens with zero attached hydrogens (tertiary/aromatic N) is 2. The van der Waals surface area contributed by atoms with Crippen LogP contribution >= 0.6 is 23.4 Å². The first-order valence-corrected chi connectivity index (χ1v) is 8.30. The largest absolute Gasteiger partial charge is 0.354 e. The zero-order valence-corrected chi connectivity index (χ0v) is 13.6. The third-order valence-corrected chi connectivity index (χ3v) is 4.45. The lowest BCUT2D eigenvalue weighted by atomic mass is 10.2.